The molecule has 0 aliphatic rings. The van der Waals surface area contributed by atoms with E-state index < -0.39 is 16.7 Å². The molecule has 0 atom stereocenters. The number of hydrogen-bond donors (Lipinski definition) is 2. The summed E-state index contributed by atoms with van der Waals surface area (Å²) in [6.07, 6.45) is 3.18. The van der Waals surface area contributed by atoms with E-state index in [0.29, 0.717) is 38.8 Å². The second kappa shape index (κ2) is 8.51. The molecule has 0 spiro atoms. The Kier molecular flexibility index (Phi) is 5.23. The molecule has 0 saturated carbocycles. The lowest BCUT2D eigenvalue weighted by atomic mass is 10.1. The van der Waals surface area contributed by atoms with Crippen molar-refractivity contribution in [3.63, 3.8) is 0 Å². The normalized spacial score (nSPS) is 10.9. The van der Waals surface area contributed by atoms with Crippen LogP contribution in [0, 0.1) is 10.1 Å². The van der Waals surface area contributed by atoms with E-state index in [4.69, 9.17) is 4.42 Å². The van der Waals surface area contributed by atoms with E-state index in [2.05, 4.69) is 15.8 Å². The van der Waals surface area contributed by atoms with Gasteiger partial charge in [0.05, 0.1) is 22.3 Å². The molecule has 0 fully saturated rings. The molecule has 5 rings (SSSR count). The van der Waals surface area contributed by atoms with Crippen molar-refractivity contribution >= 4 is 39.3 Å². The van der Waals surface area contributed by atoms with Gasteiger partial charge in [-0.2, -0.15) is 0 Å². The van der Waals surface area contributed by atoms with Gasteiger partial charge in [-0.25, -0.2) is 4.98 Å². The first-order valence-corrected chi connectivity index (χ1v) is 10.3. The standard InChI is InChI=1S/C24H17N5O5/c30-23(14-28-10-9-15-12-16(29(32)33)7-8-21(15)28)26-27-24(31)18-13-20(22-6-3-11-34-22)25-19-5-2-1-4-17(18)19/h1-13H,14H2,(H,26,30)(H,27,31). The molecule has 5 aromatic rings. The van der Waals surface area contributed by atoms with E-state index in [9.17, 15) is 19.7 Å². The van der Waals surface area contributed by atoms with Gasteiger partial charge in [0.15, 0.2) is 5.76 Å². The minimum atomic E-state index is -0.507. The van der Waals surface area contributed by atoms with Crippen molar-refractivity contribution in [2.75, 3.05) is 0 Å². The number of fused-ring (bicyclic) bond motifs is 2. The third-order valence-electron chi connectivity index (χ3n) is 5.33. The Morgan fingerprint density at radius 2 is 1.88 bits per heavy atom. The Morgan fingerprint density at radius 1 is 1.03 bits per heavy atom. The molecule has 3 aromatic heterocycles. The molecule has 168 valence electrons. The van der Waals surface area contributed by atoms with Gasteiger partial charge in [0.25, 0.3) is 17.5 Å². The molecule has 0 unspecified atom stereocenters. The van der Waals surface area contributed by atoms with E-state index in [1.807, 2.05) is 6.07 Å². The lowest BCUT2D eigenvalue weighted by Crippen LogP contribution is -2.43. The van der Waals surface area contributed by atoms with Gasteiger partial charge in [0, 0.05) is 34.6 Å². The Hall–Kier alpha value is -4.99. The summed E-state index contributed by atoms with van der Waals surface area (Å²) >= 11 is 0. The molecular weight excluding hydrogens is 438 g/mol. The van der Waals surface area contributed by atoms with Crippen LogP contribution in [0.1, 0.15) is 10.4 Å². The van der Waals surface area contributed by atoms with Crippen molar-refractivity contribution < 1.29 is 18.9 Å². The predicted molar refractivity (Wildman–Crippen MR) is 124 cm³/mol. The lowest BCUT2D eigenvalue weighted by molar-refractivity contribution is -0.384. The van der Waals surface area contributed by atoms with Crippen molar-refractivity contribution in [3.05, 3.63) is 94.9 Å². The van der Waals surface area contributed by atoms with Crippen LogP contribution in [0.3, 0.4) is 0 Å². The maximum Gasteiger partial charge on any atom is 0.270 e. The number of hydrazine groups is 1. The second-order valence-electron chi connectivity index (χ2n) is 7.50. The summed E-state index contributed by atoms with van der Waals surface area (Å²) in [5.41, 5.74) is 6.94. The molecule has 10 heteroatoms. The number of hydrogen-bond acceptors (Lipinski definition) is 6. The number of rotatable bonds is 5. The fourth-order valence-electron chi connectivity index (χ4n) is 3.74. The van der Waals surface area contributed by atoms with Gasteiger partial charge in [0.2, 0.25) is 0 Å². The van der Waals surface area contributed by atoms with Crippen LogP contribution < -0.4 is 10.9 Å². The van der Waals surface area contributed by atoms with Gasteiger partial charge in [-0.05, 0) is 36.4 Å². The van der Waals surface area contributed by atoms with Crippen LogP contribution >= 0.6 is 0 Å². The highest BCUT2D eigenvalue weighted by atomic mass is 16.6. The van der Waals surface area contributed by atoms with Gasteiger partial charge in [-0.15, -0.1) is 0 Å². The van der Waals surface area contributed by atoms with E-state index in [0.717, 1.165) is 0 Å². The SMILES string of the molecule is O=C(Cn1ccc2cc([N+](=O)[O-])ccc21)NNC(=O)c1cc(-c2ccco2)nc2ccccc12. The van der Waals surface area contributed by atoms with Crippen LogP contribution in [0.2, 0.25) is 0 Å². The molecule has 3 heterocycles. The average Bonchev–Trinajstić information content (AvgIpc) is 3.52. The van der Waals surface area contributed by atoms with E-state index >= 15 is 0 Å². The number of non-ortho nitro benzene ring substituents is 1. The Balaban J connectivity index is 1.33. The lowest BCUT2D eigenvalue weighted by Gasteiger charge is -2.11. The Morgan fingerprint density at radius 3 is 2.68 bits per heavy atom. The number of carbonyl (C=O) groups is 2. The quantitative estimate of drug-likeness (QED) is 0.306. The highest BCUT2D eigenvalue weighted by Crippen LogP contribution is 2.25. The fourth-order valence-corrected chi connectivity index (χ4v) is 3.74. The Labute approximate surface area is 191 Å². The second-order valence-corrected chi connectivity index (χ2v) is 7.50. The largest absolute Gasteiger partial charge is 0.463 e. The molecular formula is C24H17N5O5. The number of pyridine rings is 1. The first kappa shape index (κ1) is 20.9. The maximum atomic E-state index is 12.9. The molecule has 0 aliphatic carbocycles. The third-order valence-corrected chi connectivity index (χ3v) is 5.33. The topological polar surface area (TPSA) is 132 Å². The molecule has 0 saturated heterocycles. The summed E-state index contributed by atoms with van der Waals surface area (Å²) in [6.45, 7) is -0.0870. The predicted octanol–water partition coefficient (Wildman–Crippen LogP) is 3.82. The number of aromatic nitrogens is 2. The van der Waals surface area contributed by atoms with E-state index in [1.54, 1.807) is 59.3 Å². The third kappa shape index (κ3) is 3.95. The summed E-state index contributed by atoms with van der Waals surface area (Å²) in [5.74, 6) is -0.454. The number of nitro groups is 1. The van der Waals surface area contributed by atoms with Crippen LogP contribution in [0.4, 0.5) is 5.69 Å². The summed E-state index contributed by atoms with van der Waals surface area (Å²) < 4.78 is 7.05. The number of benzene rings is 2. The van der Waals surface area contributed by atoms with Crippen LogP contribution in [0.25, 0.3) is 33.3 Å². The van der Waals surface area contributed by atoms with Crippen LogP contribution in [-0.2, 0) is 11.3 Å². The highest BCUT2D eigenvalue weighted by Gasteiger charge is 2.16. The highest BCUT2D eigenvalue weighted by molar-refractivity contribution is 6.07. The van der Waals surface area contributed by atoms with Gasteiger partial charge in [-0.3, -0.25) is 30.6 Å². The Bertz CT molecular complexity index is 1560. The molecule has 0 bridgehead atoms. The number of nitrogens with one attached hydrogen (secondary N) is 2. The van der Waals surface area contributed by atoms with Crippen LogP contribution in [0.5, 0.6) is 0 Å². The summed E-state index contributed by atoms with van der Waals surface area (Å²) in [5, 5.41) is 12.2. The first-order chi connectivity index (χ1) is 16.5. The summed E-state index contributed by atoms with van der Waals surface area (Å²) in [7, 11) is 0. The van der Waals surface area contributed by atoms with Crippen molar-refractivity contribution in [2.45, 2.75) is 6.54 Å². The number of carbonyl (C=O) groups excluding carboxylic acids is 2. The summed E-state index contributed by atoms with van der Waals surface area (Å²) in [4.78, 5) is 40.5. The molecule has 2 amide bonds. The fraction of sp³-hybridized carbons (Fsp3) is 0.0417. The minimum Gasteiger partial charge on any atom is -0.463 e. The van der Waals surface area contributed by atoms with Crippen LogP contribution in [0.15, 0.2) is 83.6 Å². The monoisotopic (exact) mass is 455 g/mol. The molecule has 34 heavy (non-hydrogen) atoms. The molecule has 0 aliphatic heterocycles. The first-order valence-electron chi connectivity index (χ1n) is 10.3. The van der Waals surface area contributed by atoms with E-state index in [-0.39, 0.29) is 12.2 Å². The average molecular weight is 455 g/mol. The van der Waals surface area contributed by atoms with Crippen molar-refractivity contribution in [3.8, 4) is 11.5 Å². The zero-order chi connectivity index (χ0) is 23.7. The van der Waals surface area contributed by atoms with Gasteiger partial charge >= 0.3 is 0 Å². The number of furan rings is 1. The zero-order valence-electron chi connectivity index (χ0n) is 17.6. The van der Waals surface area contributed by atoms with E-state index in [1.165, 1.54) is 18.4 Å². The smallest absolute Gasteiger partial charge is 0.270 e. The van der Waals surface area contributed by atoms with Crippen molar-refractivity contribution in [2.24, 2.45) is 0 Å². The van der Waals surface area contributed by atoms with Crippen molar-refractivity contribution in [1.82, 2.24) is 20.4 Å². The molecule has 10 nitrogen and oxygen atoms in total. The number of amides is 2. The molecule has 0 radical (unpaired) electrons. The van der Waals surface area contributed by atoms with Gasteiger partial charge < -0.3 is 8.98 Å². The van der Waals surface area contributed by atoms with Crippen molar-refractivity contribution in [1.29, 1.82) is 0 Å². The van der Waals surface area contributed by atoms with Gasteiger partial charge in [0.1, 0.15) is 12.2 Å². The molecule has 2 aromatic carbocycles. The summed E-state index contributed by atoms with van der Waals surface area (Å²) in [6, 6.07) is 18.4. The van der Waals surface area contributed by atoms with Gasteiger partial charge in [-0.1, -0.05) is 18.2 Å². The maximum absolute atomic E-state index is 12.9. The number of nitro benzene ring substituents is 1. The minimum absolute atomic E-state index is 0.0274. The van der Waals surface area contributed by atoms with Crippen LogP contribution in [-0.4, -0.2) is 26.3 Å². The molecule has 2 N–H and O–H groups in total. The zero-order valence-corrected chi connectivity index (χ0v) is 17.6. The number of para-hydroxylation sites is 1. The number of nitrogens with zero attached hydrogens (tertiary/aromatic N) is 3.